The lowest BCUT2D eigenvalue weighted by Crippen LogP contribution is -2.39. The van der Waals surface area contributed by atoms with E-state index < -0.39 is 0 Å². The lowest BCUT2D eigenvalue weighted by Gasteiger charge is -2.25. The molecule has 0 aromatic carbocycles. The third-order valence-corrected chi connectivity index (χ3v) is 5.46. The third-order valence-electron chi connectivity index (χ3n) is 4.38. The van der Waals surface area contributed by atoms with Gasteiger partial charge in [-0.15, -0.1) is 35.3 Å². The van der Waals surface area contributed by atoms with Crippen LogP contribution in [0.25, 0.3) is 0 Å². The maximum atomic E-state index is 4.71. The Hall–Kier alpha value is -0.410. The van der Waals surface area contributed by atoms with Gasteiger partial charge < -0.3 is 15.5 Å². The van der Waals surface area contributed by atoms with Crippen molar-refractivity contribution in [1.82, 2.24) is 20.5 Å². The molecule has 0 aliphatic carbocycles. The second kappa shape index (κ2) is 12.9. The van der Waals surface area contributed by atoms with Gasteiger partial charge in [-0.1, -0.05) is 13.3 Å². The zero-order valence-electron chi connectivity index (χ0n) is 15.9. The molecule has 0 radical (unpaired) electrons. The molecule has 7 heteroatoms. The van der Waals surface area contributed by atoms with Crippen molar-refractivity contribution in [2.24, 2.45) is 4.99 Å². The smallest absolute Gasteiger partial charge is 0.191 e. The quantitative estimate of drug-likeness (QED) is 0.342. The topological polar surface area (TPSA) is 52.6 Å². The van der Waals surface area contributed by atoms with Crippen LogP contribution in [0.4, 0.5) is 0 Å². The highest BCUT2D eigenvalue weighted by molar-refractivity contribution is 14.0. The number of guanidine groups is 1. The number of aryl methyl sites for hydroxylation is 2. The first kappa shape index (κ1) is 22.6. The van der Waals surface area contributed by atoms with E-state index in [2.05, 4.69) is 36.3 Å². The summed E-state index contributed by atoms with van der Waals surface area (Å²) in [7, 11) is 0. The molecule has 25 heavy (non-hydrogen) atoms. The Kier molecular flexibility index (Phi) is 11.6. The molecular formula is C18H34IN5S. The highest BCUT2D eigenvalue weighted by atomic mass is 127. The van der Waals surface area contributed by atoms with Crippen molar-refractivity contribution < 1.29 is 0 Å². The number of aromatic nitrogens is 1. The van der Waals surface area contributed by atoms with Crippen LogP contribution in [0.2, 0.25) is 0 Å². The molecule has 1 aliphatic rings. The number of hydrogen-bond acceptors (Lipinski definition) is 4. The van der Waals surface area contributed by atoms with E-state index in [0.717, 1.165) is 45.0 Å². The van der Waals surface area contributed by atoms with Crippen LogP contribution >= 0.6 is 35.3 Å². The molecule has 1 fully saturated rings. The second-order valence-corrected chi connectivity index (χ2v) is 7.59. The largest absolute Gasteiger partial charge is 0.357 e. The van der Waals surface area contributed by atoms with Crippen molar-refractivity contribution in [2.75, 3.05) is 39.3 Å². The second-order valence-electron chi connectivity index (χ2n) is 6.30. The zero-order valence-corrected chi connectivity index (χ0v) is 19.1. The fraction of sp³-hybridized carbons (Fsp3) is 0.778. The van der Waals surface area contributed by atoms with Crippen molar-refractivity contribution in [1.29, 1.82) is 0 Å². The van der Waals surface area contributed by atoms with Crippen molar-refractivity contribution in [2.45, 2.75) is 52.9 Å². The van der Waals surface area contributed by atoms with Crippen LogP contribution in [0.5, 0.6) is 0 Å². The molecule has 1 aromatic heterocycles. The predicted molar refractivity (Wildman–Crippen MR) is 120 cm³/mol. The molecule has 1 aromatic rings. The van der Waals surface area contributed by atoms with E-state index in [9.17, 15) is 0 Å². The van der Waals surface area contributed by atoms with Gasteiger partial charge in [-0.3, -0.25) is 4.99 Å². The maximum absolute atomic E-state index is 4.71. The Bertz CT molecular complexity index is 512. The molecule has 0 spiro atoms. The van der Waals surface area contributed by atoms with Gasteiger partial charge in [0, 0.05) is 30.9 Å². The number of hydrogen-bond donors (Lipinski definition) is 2. The summed E-state index contributed by atoms with van der Waals surface area (Å²) in [4.78, 5) is 13.3. The Labute approximate surface area is 174 Å². The average Bonchev–Trinajstić information content (AvgIpc) is 2.95. The predicted octanol–water partition coefficient (Wildman–Crippen LogP) is 3.22. The van der Waals surface area contributed by atoms with E-state index in [0.29, 0.717) is 0 Å². The van der Waals surface area contributed by atoms with E-state index in [1.807, 2.05) is 11.3 Å². The van der Waals surface area contributed by atoms with E-state index >= 15 is 0 Å². The standard InChI is InChI=1S/C18H33N5S.HI/c1-4-16-15(3)24-17(22-16)9-10-20-18(19-5-2)21-11-14-23-12-7-6-8-13-23;/h4-14H2,1-3H3,(H2,19,20,21);1H. The van der Waals surface area contributed by atoms with Crippen LogP contribution in [0.1, 0.15) is 48.7 Å². The summed E-state index contributed by atoms with van der Waals surface area (Å²) in [5.74, 6) is 0.929. The molecule has 2 heterocycles. The zero-order chi connectivity index (χ0) is 17.2. The molecule has 2 N–H and O–H groups in total. The number of rotatable bonds is 8. The minimum Gasteiger partial charge on any atom is -0.357 e. The first-order valence-electron chi connectivity index (χ1n) is 9.42. The summed E-state index contributed by atoms with van der Waals surface area (Å²) in [6, 6.07) is 0. The van der Waals surface area contributed by atoms with Gasteiger partial charge in [0.25, 0.3) is 0 Å². The van der Waals surface area contributed by atoms with E-state index in [1.165, 1.54) is 47.9 Å². The van der Waals surface area contributed by atoms with Crippen LogP contribution in [-0.4, -0.2) is 55.1 Å². The summed E-state index contributed by atoms with van der Waals surface area (Å²) < 4.78 is 0. The molecule has 0 unspecified atom stereocenters. The molecule has 0 atom stereocenters. The molecule has 0 amide bonds. The molecule has 0 saturated carbocycles. The number of nitrogens with zero attached hydrogens (tertiary/aromatic N) is 3. The number of piperidine rings is 1. The van der Waals surface area contributed by atoms with Crippen LogP contribution in [0.3, 0.4) is 0 Å². The highest BCUT2D eigenvalue weighted by Crippen LogP contribution is 2.17. The average molecular weight is 479 g/mol. The van der Waals surface area contributed by atoms with Gasteiger partial charge in [0.2, 0.25) is 0 Å². The van der Waals surface area contributed by atoms with Crippen LogP contribution in [0, 0.1) is 6.92 Å². The van der Waals surface area contributed by atoms with Gasteiger partial charge in [-0.25, -0.2) is 4.98 Å². The van der Waals surface area contributed by atoms with Gasteiger partial charge in [-0.05, 0) is 46.2 Å². The highest BCUT2D eigenvalue weighted by Gasteiger charge is 2.09. The fourth-order valence-electron chi connectivity index (χ4n) is 3.04. The molecule has 1 aliphatic heterocycles. The van der Waals surface area contributed by atoms with E-state index in [4.69, 9.17) is 9.98 Å². The van der Waals surface area contributed by atoms with E-state index in [1.54, 1.807) is 0 Å². The number of halogens is 1. The van der Waals surface area contributed by atoms with Gasteiger partial charge in [0.1, 0.15) is 0 Å². The fourth-order valence-corrected chi connectivity index (χ4v) is 4.06. The van der Waals surface area contributed by atoms with Crippen LogP contribution < -0.4 is 10.6 Å². The van der Waals surface area contributed by atoms with Gasteiger partial charge in [-0.2, -0.15) is 0 Å². The number of thiazole rings is 1. The summed E-state index contributed by atoms with van der Waals surface area (Å²) in [5.41, 5.74) is 1.25. The van der Waals surface area contributed by atoms with Crippen molar-refractivity contribution in [3.05, 3.63) is 15.6 Å². The molecular weight excluding hydrogens is 445 g/mol. The lowest BCUT2D eigenvalue weighted by molar-refractivity contribution is 0.235. The van der Waals surface area contributed by atoms with Crippen LogP contribution in [-0.2, 0) is 12.8 Å². The minimum atomic E-state index is 0. The number of aliphatic imine (C=N–C) groups is 1. The van der Waals surface area contributed by atoms with Crippen molar-refractivity contribution >= 4 is 41.3 Å². The van der Waals surface area contributed by atoms with Crippen molar-refractivity contribution in [3.63, 3.8) is 0 Å². The summed E-state index contributed by atoms with van der Waals surface area (Å²) >= 11 is 1.82. The SMILES string of the molecule is CCNC(=NCCN1CCCCC1)NCCc1nc(CC)c(C)s1.I. The van der Waals surface area contributed by atoms with Gasteiger partial charge in [0.15, 0.2) is 5.96 Å². The third kappa shape index (κ3) is 8.21. The number of likely N-dealkylation sites (tertiary alicyclic amines) is 1. The minimum absolute atomic E-state index is 0. The summed E-state index contributed by atoms with van der Waals surface area (Å²) in [6.07, 6.45) is 6.06. The first-order chi connectivity index (χ1) is 11.7. The summed E-state index contributed by atoms with van der Waals surface area (Å²) in [5, 5.41) is 8.00. The Morgan fingerprint density at radius 1 is 1.20 bits per heavy atom. The summed E-state index contributed by atoms with van der Waals surface area (Å²) in [6.45, 7) is 12.6. The molecule has 0 bridgehead atoms. The van der Waals surface area contributed by atoms with Crippen LogP contribution in [0.15, 0.2) is 4.99 Å². The lowest BCUT2D eigenvalue weighted by atomic mass is 10.1. The Morgan fingerprint density at radius 3 is 2.60 bits per heavy atom. The monoisotopic (exact) mass is 479 g/mol. The Morgan fingerprint density at radius 2 is 1.96 bits per heavy atom. The van der Waals surface area contributed by atoms with Gasteiger partial charge >= 0.3 is 0 Å². The number of nitrogens with one attached hydrogen (secondary N) is 2. The van der Waals surface area contributed by atoms with Crippen molar-refractivity contribution in [3.8, 4) is 0 Å². The first-order valence-corrected chi connectivity index (χ1v) is 10.2. The molecule has 5 nitrogen and oxygen atoms in total. The Balaban J connectivity index is 0.00000312. The molecule has 2 rings (SSSR count). The molecule has 144 valence electrons. The van der Waals surface area contributed by atoms with E-state index in [-0.39, 0.29) is 24.0 Å². The van der Waals surface area contributed by atoms with Gasteiger partial charge in [0.05, 0.1) is 17.2 Å². The maximum Gasteiger partial charge on any atom is 0.191 e. The molecule has 1 saturated heterocycles. The normalized spacial score (nSPS) is 15.7.